The van der Waals surface area contributed by atoms with E-state index in [-0.39, 0.29) is 5.91 Å². The number of carbonyl (C=O) groups excluding carboxylic acids is 1. The summed E-state index contributed by atoms with van der Waals surface area (Å²) in [7, 11) is 0. The van der Waals surface area contributed by atoms with Gasteiger partial charge in [-0.05, 0) is 6.07 Å². The Morgan fingerprint density at radius 2 is 2.55 bits per heavy atom. The van der Waals surface area contributed by atoms with Crippen molar-refractivity contribution in [3.05, 3.63) is 24.2 Å². The summed E-state index contributed by atoms with van der Waals surface area (Å²) in [5, 5.41) is 10.8. The summed E-state index contributed by atoms with van der Waals surface area (Å²) >= 11 is 0. The fourth-order valence-corrected chi connectivity index (χ4v) is 0.650. The van der Waals surface area contributed by atoms with Crippen LogP contribution in [0.4, 0.5) is 0 Å². The molecule has 1 heterocycles. The summed E-state index contributed by atoms with van der Waals surface area (Å²) in [6.45, 7) is -0.0757. The molecule has 60 valence electrons. The molecule has 0 bridgehead atoms. The van der Waals surface area contributed by atoms with Crippen molar-refractivity contribution in [2.75, 3.05) is 6.61 Å². The molecule has 4 heteroatoms. The SMILES string of the molecule is O=C(CO)NCc1ccoc1. The van der Waals surface area contributed by atoms with Crippen molar-refractivity contribution in [1.82, 2.24) is 5.32 Å². The van der Waals surface area contributed by atoms with E-state index >= 15 is 0 Å². The average Bonchev–Trinajstić information content (AvgIpc) is 2.52. The highest BCUT2D eigenvalue weighted by Crippen LogP contribution is 1.97. The molecule has 0 spiro atoms. The standard InChI is InChI=1S/C7H9NO3/c9-4-7(10)8-3-6-1-2-11-5-6/h1-2,5,9H,3-4H2,(H,8,10). The van der Waals surface area contributed by atoms with Crippen LogP contribution in [-0.2, 0) is 11.3 Å². The maximum Gasteiger partial charge on any atom is 0.245 e. The van der Waals surface area contributed by atoms with E-state index in [0.29, 0.717) is 6.54 Å². The van der Waals surface area contributed by atoms with Crippen LogP contribution in [0.1, 0.15) is 5.56 Å². The number of amides is 1. The van der Waals surface area contributed by atoms with E-state index in [0.717, 1.165) is 5.56 Å². The van der Waals surface area contributed by atoms with Crippen molar-refractivity contribution in [3.63, 3.8) is 0 Å². The lowest BCUT2D eigenvalue weighted by Gasteiger charge is -1.98. The third-order valence-electron chi connectivity index (χ3n) is 1.21. The number of aliphatic hydroxyl groups is 1. The molecular formula is C7H9NO3. The largest absolute Gasteiger partial charge is 0.472 e. The fourth-order valence-electron chi connectivity index (χ4n) is 0.650. The first-order chi connectivity index (χ1) is 5.33. The fraction of sp³-hybridized carbons (Fsp3) is 0.286. The van der Waals surface area contributed by atoms with Gasteiger partial charge in [0.15, 0.2) is 0 Å². The highest BCUT2D eigenvalue weighted by atomic mass is 16.3. The number of rotatable bonds is 3. The second-order valence-electron chi connectivity index (χ2n) is 2.07. The zero-order chi connectivity index (χ0) is 8.10. The number of furan rings is 1. The topological polar surface area (TPSA) is 62.5 Å². The predicted octanol–water partition coefficient (Wildman–Crippen LogP) is -0.112. The molecule has 0 fully saturated rings. The van der Waals surface area contributed by atoms with Gasteiger partial charge in [-0.1, -0.05) is 0 Å². The van der Waals surface area contributed by atoms with E-state index in [1.54, 1.807) is 6.07 Å². The summed E-state index contributed by atoms with van der Waals surface area (Å²) in [5.74, 6) is -0.383. The summed E-state index contributed by atoms with van der Waals surface area (Å²) < 4.78 is 4.77. The van der Waals surface area contributed by atoms with Crippen LogP contribution in [-0.4, -0.2) is 17.6 Å². The second-order valence-corrected chi connectivity index (χ2v) is 2.07. The third-order valence-corrected chi connectivity index (χ3v) is 1.21. The molecule has 0 unspecified atom stereocenters. The van der Waals surface area contributed by atoms with Crippen LogP contribution in [0.2, 0.25) is 0 Å². The Labute approximate surface area is 63.8 Å². The smallest absolute Gasteiger partial charge is 0.245 e. The Bertz CT molecular complexity index is 218. The second kappa shape index (κ2) is 3.78. The first-order valence-electron chi connectivity index (χ1n) is 3.21. The van der Waals surface area contributed by atoms with E-state index in [1.165, 1.54) is 12.5 Å². The highest BCUT2D eigenvalue weighted by Gasteiger charge is 1.97. The number of aliphatic hydroxyl groups excluding tert-OH is 1. The quantitative estimate of drug-likeness (QED) is 0.640. The minimum absolute atomic E-state index is 0.383. The Morgan fingerprint density at radius 1 is 1.73 bits per heavy atom. The van der Waals surface area contributed by atoms with Gasteiger partial charge in [-0.2, -0.15) is 0 Å². The van der Waals surface area contributed by atoms with Gasteiger partial charge in [0.2, 0.25) is 5.91 Å². The van der Waals surface area contributed by atoms with Crippen molar-refractivity contribution in [3.8, 4) is 0 Å². The minimum Gasteiger partial charge on any atom is -0.472 e. The summed E-state index contributed by atoms with van der Waals surface area (Å²) in [6, 6.07) is 1.75. The lowest BCUT2D eigenvalue weighted by atomic mass is 10.3. The lowest BCUT2D eigenvalue weighted by Crippen LogP contribution is -2.25. The molecule has 0 saturated carbocycles. The molecule has 0 aliphatic rings. The van der Waals surface area contributed by atoms with Crippen molar-refractivity contribution in [1.29, 1.82) is 0 Å². The number of hydrogen-bond donors (Lipinski definition) is 2. The van der Waals surface area contributed by atoms with Gasteiger partial charge in [-0.25, -0.2) is 0 Å². The molecule has 0 aliphatic heterocycles. The van der Waals surface area contributed by atoms with Gasteiger partial charge < -0.3 is 14.8 Å². The van der Waals surface area contributed by atoms with E-state index in [1.807, 2.05) is 0 Å². The van der Waals surface area contributed by atoms with Crippen LogP contribution < -0.4 is 5.32 Å². The molecule has 1 aromatic heterocycles. The molecule has 1 aromatic rings. The first-order valence-corrected chi connectivity index (χ1v) is 3.21. The van der Waals surface area contributed by atoms with Crippen molar-refractivity contribution in [2.24, 2.45) is 0 Å². The third kappa shape index (κ3) is 2.43. The Morgan fingerprint density at radius 3 is 3.09 bits per heavy atom. The molecule has 0 atom stereocenters. The van der Waals surface area contributed by atoms with E-state index < -0.39 is 6.61 Å². The Balaban J connectivity index is 2.29. The van der Waals surface area contributed by atoms with Crippen molar-refractivity contribution in [2.45, 2.75) is 6.54 Å². The highest BCUT2D eigenvalue weighted by molar-refractivity contribution is 5.76. The maximum absolute atomic E-state index is 10.5. The maximum atomic E-state index is 10.5. The van der Waals surface area contributed by atoms with Gasteiger partial charge in [-0.15, -0.1) is 0 Å². The van der Waals surface area contributed by atoms with Crippen LogP contribution in [0.5, 0.6) is 0 Å². The van der Waals surface area contributed by atoms with Gasteiger partial charge in [0, 0.05) is 12.1 Å². The molecule has 0 saturated heterocycles. The van der Waals surface area contributed by atoms with E-state index in [2.05, 4.69) is 5.32 Å². The number of carbonyl (C=O) groups is 1. The zero-order valence-corrected chi connectivity index (χ0v) is 5.91. The average molecular weight is 155 g/mol. The molecule has 1 amide bonds. The molecule has 4 nitrogen and oxygen atoms in total. The van der Waals surface area contributed by atoms with Gasteiger partial charge in [0.25, 0.3) is 0 Å². The van der Waals surface area contributed by atoms with E-state index in [4.69, 9.17) is 9.52 Å². The number of nitrogens with one attached hydrogen (secondary N) is 1. The molecule has 0 radical (unpaired) electrons. The summed E-state index contributed by atoms with van der Waals surface area (Å²) in [5.41, 5.74) is 0.881. The molecule has 1 rings (SSSR count). The van der Waals surface area contributed by atoms with Gasteiger partial charge in [0.05, 0.1) is 12.5 Å². The number of hydrogen-bond acceptors (Lipinski definition) is 3. The molecule has 0 aliphatic carbocycles. The minimum atomic E-state index is -0.474. The van der Waals surface area contributed by atoms with Gasteiger partial charge in [0.1, 0.15) is 6.61 Å². The summed E-state index contributed by atoms with van der Waals surface area (Å²) in [4.78, 5) is 10.5. The van der Waals surface area contributed by atoms with Crippen LogP contribution in [0.3, 0.4) is 0 Å². The lowest BCUT2D eigenvalue weighted by molar-refractivity contribution is -0.123. The van der Waals surface area contributed by atoms with Crippen molar-refractivity contribution < 1.29 is 14.3 Å². The molecule has 11 heavy (non-hydrogen) atoms. The molecular weight excluding hydrogens is 146 g/mol. The van der Waals surface area contributed by atoms with Crippen LogP contribution in [0.15, 0.2) is 23.0 Å². The Hall–Kier alpha value is -1.29. The van der Waals surface area contributed by atoms with Gasteiger partial charge in [-0.3, -0.25) is 4.79 Å². The predicted molar refractivity (Wildman–Crippen MR) is 37.6 cm³/mol. The van der Waals surface area contributed by atoms with Crippen LogP contribution >= 0.6 is 0 Å². The van der Waals surface area contributed by atoms with Crippen molar-refractivity contribution >= 4 is 5.91 Å². The normalized spacial score (nSPS) is 9.55. The van der Waals surface area contributed by atoms with Crippen LogP contribution in [0, 0.1) is 0 Å². The van der Waals surface area contributed by atoms with E-state index in [9.17, 15) is 4.79 Å². The molecule has 2 N–H and O–H groups in total. The first kappa shape index (κ1) is 7.81. The monoisotopic (exact) mass is 155 g/mol. The summed E-state index contributed by atoms with van der Waals surface area (Å²) in [6.07, 6.45) is 3.07. The Kier molecular flexibility index (Phi) is 2.68. The zero-order valence-electron chi connectivity index (χ0n) is 5.91. The molecule has 0 aromatic carbocycles. The van der Waals surface area contributed by atoms with Gasteiger partial charge >= 0.3 is 0 Å². The van der Waals surface area contributed by atoms with Crippen LogP contribution in [0.25, 0.3) is 0 Å².